The first kappa shape index (κ1) is 13.8. The number of nitrogens with zero attached hydrogens (tertiary/aromatic N) is 2. The quantitative estimate of drug-likeness (QED) is 0.505. The van der Waals surface area contributed by atoms with Crippen LogP contribution in [0.4, 0.5) is 0 Å². The zero-order valence-corrected chi connectivity index (χ0v) is 13.1. The minimum absolute atomic E-state index is 0.982. The molecule has 0 unspecified atom stereocenters. The van der Waals surface area contributed by atoms with Crippen molar-refractivity contribution in [3.05, 3.63) is 84.4 Å². The molecule has 1 aromatic heterocycles. The predicted molar refractivity (Wildman–Crippen MR) is 95.9 cm³/mol. The summed E-state index contributed by atoms with van der Waals surface area (Å²) in [6.07, 6.45) is 1.05. The highest BCUT2D eigenvalue weighted by atomic mass is 15.1. The third-order valence-corrected chi connectivity index (χ3v) is 4.20. The van der Waals surface area contributed by atoms with Gasteiger partial charge in [-0.25, -0.2) is 4.98 Å². The molecule has 0 aliphatic heterocycles. The van der Waals surface area contributed by atoms with Crippen molar-refractivity contribution in [3.63, 3.8) is 0 Å². The van der Waals surface area contributed by atoms with E-state index in [1.54, 1.807) is 0 Å². The van der Waals surface area contributed by atoms with Crippen LogP contribution in [0.15, 0.2) is 78.9 Å². The molecule has 0 fully saturated rings. The van der Waals surface area contributed by atoms with E-state index in [1.165, 1.54) is 5.56 Å². The van der Waals surface area contributed by atoms with E-state index in [-0.39, 0.29) is 0 Å². The number of benzene rings is 3. The Kier molecular flexibility index (Phi) is 3.43. The lowest BCUT2D eigenvalue weighted by molar-refractivity contribution is 1.08. The Morgan fingerprint density at radius 3 is 2.22 bits per heavy atom. The highest BCUT2D eigenvalue weighted by Gasteiger charge is 2.13. The third kappa shape index (κ3) is 2.42. The largest absolute Gasteiger partial charge is 0.292 e. The molecule has 3 aromatic carbocycles. The van der Waals surface area contributed by atoms with Crippen molar-refractivity contribution in [2.45, 2.75) is 13.3 Å². The monoisotopic (exact) mass is 298 g/mol. The summed E-state index contributed by atoms with van der Waals surface area (Å²) in [6, 6.07) is 27.4. The molecule has 0 bridgehead atoms. The minimum Gasteiger partial charge on any atom is -0.292 e. The van der Waals surface area contributed by atoms with Crippen LogP contribution in [0.5, 0.6) is 0 Å². The van der Waals surface area contributed by atoms with Crippen molar-refractivity contribution in [1.82, 2.24) is 9.55 Å². The summed E-state index contributed by atoms with van der Waals surface area (Å²) in [7, 11) is 0. The van der Waals surface area contributed by atoms with Crippen LogP contribution in [-0.4, -0.2) is 9.55 Å². The Morgan fingerprint density at radius 1 is 0.783 bits per heavy atom. The van der Waals surface area contributed by atoms with Crippen molar-refractivity contribution >= 4 is 11.0 Å². The van der Waals surface area contributed by atoms with Gasteiger partial charge in [-0.3, -0.25) is 4.57 Å². The molecule has 0 radical (unpaired) electrons. The first-order chi connectivity index (χ1) is 11.4. The fourth-order valence-corrected chi connectivity index (χ4v) is 2.95. The summed E-state index contributed by atoms with van der Waals surface area (Å²) >= 11 is 0. The molecular weight excluding hydrogens is 280 g/mol. The van der Waals surface area contributed by atoms with E-state index >= 15 is 0 Å². The van der Waals surface area contributed by atoms with Crippen molar-refractivity contribution in [1.29, 1.82) is 0 Å². The Hall–Kier alpha value is -2.87. The SMILES string of the molecule is CCc1ccc(-n2c(-c3ccccc3)nc3ccccc32)cc1. The lowest BCUT2D eigenvalue weighted by atomic mass is 10.1. The molecule has 0 aliphatic carbocycles. The van der Waals surface area contributed by atoms with Gasteiger partial charge in [0.2, 0.25) is 0 Å². The van der Waals surface area contributed by atoms with Gasteiger partial charge in [0.25, 0.3) is 0 Å². The van der Waals surface area contributed by atoms with Crippen LogP contribution < -0.4 is 0 Å². The van der Waals surface area contributed by atoms with Gasteiger partial charge in [0, 0.05) is 11.3 Å². The molecule has 0 saturated heterocycles. The molecule has 0 saturated carbocycles. The Bertz CT molecular complexity index is 935. The van der Waals surface area contributed by atoms with Gasteiger partial charge in [-0.1, -0.05) is 61.5 Å². The first-order valence-electron chi connectivity index (χ1n) is 7.99. The average Bonchev–Trinajstić information content (AvgIpc) is 3.02. The van der Waals surface area contributed by atoms with Gasteiger partial charge in [0.15, 0.2) is 0 Å². The Morgan fingerprint density at radius 2 is 1.48 bits per heavy atom. The highest BCUT2D eigenvalue weighted by molar-refractivity contribution is 5.83. The number of rotatable bonds is 3. The standard InChI is InChI=1S/C21H18N2/c1-2-16-12-14-18(15-13-16)23-20-11-7-6-10-19(20)22-21(23)17-8-4-3-5-9-17/h3-15H,2H2,1H3. The van der Waals surface area contributed by atoms with Gasteiger partial charge in [0.05, 0.1) is 11.0 Å². The summed E-state index contributed by atoms with van der Waals surface area (Å²) in [6.45, 7) is 2.18. The van der Waals surface area contributed by atoms with Gasteiger partial charge in [0.1, 0.15) is 5.82 Å². The maximum Gasteiger partial charge on any atom is 0.145 e. The lowest BCUT2D eigenvalue weighted by Crippen LogP contribution is -1.97. The Balaban J connectivity index is 1.99. The van der Waals surface area contributed by atoms with Crippen molar-refractivity contribution < 1.29 is 0 Å². The second-order valence-corrected chi connectivity index (χ2v) is 5.65. The summed E-state index contributed by atoms with van der Waals surface area (Å²) in [5.41, 5.74) is 5.78. The van der Waals surface area contributed by atoms with E-state index in [1.807, 2.05) is 12.1 Å². The molecule has 0 N–H and O–H groups in total. The molecule has 0 amide bonds. The molecule has 0 spiro atoms. The molecule has 0 atom stereocenters. The van der Waals surface area contributed by atoms with Gasteiger partial charge < -0.3 is 0 Å². The second-order valence-electron chi connectivity index (χ2n) is 5.65. The number of aromatic nitrogens is 2. The molecule has 0 aliphatic rings. The van der Waals surface area contributed by atoms with Crippen LogP contribution in [0.25, 0.3) is 28.1 Å². The fraction of sp³-hybridized carbons (Fsp3) is 0.0952. The summed E-state index contributed by atoms with van der Waals surface area (Å²) in [5, 5.41) is 0. The number of hydrogen-bond acceptors (Lipinski definition) is 1. The van der Waals surface area contributed by atoms with Gasteiger partial charge in [-0.2, -0.15) is 0 Å². The number of hydrogen-bond donors (Lipinski definition) is 0. The number of para-hydroxylation sites is 2. The lowest BCUT2D eigenvalue weighted by Gasteiger charge is -2.10. The van der Waals surface area contributed by atoms with E-state index in [0.29, 0.717) is 0 Å². The predicted octanol–water partition coefficient (Wildman–Crippen LogP) is 5.25. The van der Waals surface area contributed by atoms with Crippen molar-refractivity contribution in [2.75, 3.05) is 0 Å². The van der Waals surface area contributed by atoms with Gasteiger partial charge in [-0.15, -0.1) is 0 Å². The summed E-state index contributed by atoms with van der Waals surface area (Å²) in [4.78, 5) is 4.86. The summed E-state index contributed by atoms with van der Waals surface area (Å²) < 4.78 is 2.24. The maximum atomic E-state index is 4.86. The maximum absolute atomic E-state index is 4.86. The molecule has 23 heavy (non-hydrogen) atoms. The van der Waals surface area contributed by atoms with Crippen molar-refractivity contribution in [2.24, 2.45) is 0 Å². The van der Waals surface area contributed by atoms with E-state index in [2.05, 4.69) is 78.2 Å². The highest BCUT2D eigenvalue weighted by Crippen LogP contribution is 2.28. The van der Waals surface area contributed by atoms with Crippen LogP contribution in [0, 0.1) is 0 Å². The molecule has 4 aromatic rings. The van der Waals surface area contributed by atoms with Crippen LogP contribution in [0.3, 0.4) is 0 Å². The number of aryl methyl sites for hydroxylation is 1. The average molecular weight is 298 g/mol. The third-order valence-electron chi connectivity index (χ3n) is 4.20. The second kappa shape index (κ2) is 5.73. The van der Waals surface area contributed by atoms with Crippen LogP contribution in [0.2, 0.25) is 0 Å². The van der Waals surface area contributed by atoms with Gasteiger partial charge in [-0.05, 0) is 36.2 Å². The van der Waals surface area contributed by atoms with E-state index in [0.717, 1.165) is 34.5 Å². The number of fused-ring (bicyclic) bond motifs is 1. The molecular formula is C21H18N2. The summed E-state index contributed by atoms with van der Waals surface area (Å²) in [5.74, 6) is 0.982. The zero-order valence-electron chi connectivity index (χ0n) is 13.1. The van der Waals surface area contributed by atoms with Crippen LogP contribution >= 0.6 is 0 Å². The van der Waals surface area contributed by atoms with E-state index in [9.17, 15) is 0 Å². The smallest absolute Gasteiger partial charge is 0.145 e. The molecule has 1 heterocycles. The topological polar surface area (TPSA) is 17.8 Å². The van der Waals surface area contributed by atoms with E-state index in [4.69, 9.17) is 4.98 Å². The first-order valence-corrected chi connectivity index (χ1v) is 7.99. The van der Waals surface area contributed by atoms with Crippen LogP contribution in [-0.2, 0) is 6.42 Å². The van der Waals surface area contributed by atoms with Crippen molar-refractivity contribution in [3.8, 4) is 17.1 Å². The Labute approximate surface area is 136 Å². The molecule has 2 nitrogen and oxygen atoms in total. The van der Waals surface area contributed by atoms with Gasteiger partial charge >= 0.3 is 0 Å². The molecule has 2 heteroatoms. The normalized spacial score (nSPS) is 11.0. The minimum atomic E-state index is 0.982. The number of imidazole rings is 1. The van der Waals surface area contributed by atoms with E-state index < -0.39 is 0 Å². The zero-order chi connectivity index (χ0) is 15.6. The van der Waals surface area contributed by atoms with Crippen LogP contribution in [0.1, 0.15) is 12.5 Å². The molecule has 112 valence electrons. The molecule has 4 rings (SSSR count). The fourth-order valence-electron chi connectivity index (χ4n) is 2.95.